The van der Waals surface area contributed by atoms with Gasteiger partial charge in [0.2, 0.25) is 0 Å². The number of halogens is 1. The molecular weight excluding hydrogens is 263 g/mol. The Morgan fingerprint density at radius 1 is 1.14 bits per heavy atom. The van der Waals surface area contributed by atoms with Crippen LogP contribution >= 0.6 is 0 Å². The molecule has 1 atom stereocenters. The Kier molecular flexibility index (Phi) is 4.04. The molecule has 1 aliphatic rings. The normalized spacial score (nSPS) is 15.0. The highest BCUT2D eigenvalue weighted by Gasteiger charge is 2.16. The number of aryl methyl sites for hydroxylation is 3. The number of benzene rings is 2. The summed E-state index contributed by atoms with van der Waals surface area (Å²) in [7, 11) is 0. The second-order valence-corrected chi connectivity index (χ2v) is 5.88. The van der Waals surface area contributed by atoms with E-state index in [0.717, 1.165) is 24.0 Å². The van der Waals surface area contributed by atoms with Crippen LogP contribution in [0.2, 0.25) is 0 Å². The van der Waals surface area contributed by atoms with E-state index in [1.807, 2.05) is 13.0 Å². The van der Waals surface area contributed by atoms with Gasteiger partial charge >= 0.3 is 0 Å². The van der Waals surface area contributed by atoms with E-state index in [4.69, 9.17) is 5.84 Å². The van der Waals surface area contributed by atoms with Crippen molar-refractivity contribution in [3.8, 4) is 0 Å². The van der Waals surface area contributed by atoms with Crippen LogP contribution in [0.3, 0.4) is 0 Å². The van der Waals surface area contributed by atoms with Gasteiger partial charge in [-0.05, 0) is 72.6 Å². The second-order valence-electron chi connectivity index (χ2n) is 5.88. The average Bonchev–Trinajstić information content (AvgIpc) is 2.94. The van der Waals surface area contributed by atoms with Gasteiger partial charge in [0.25, 0.3) is 0 Å². The first-order valence-electron chi connectivity index (χ1n) is 7.50. The van der Waals surface area contributed by atoms with E-state index < -0.39 is 0 Å². The first-order chi connectivity index (χ1) is 10.2. The van der Waals surface area contributed by atoms with Gasteiger partial charge in [0.05, 0.1) is 0 Å². The molecule has 0 aliphatic heterocycles. The molecule has 0 fully saturated rings. The van der Waals surface area contributed by atoms with E-state index in [-0.39, 0.29) is 11.9 Å². The Morgan fingerprint density at radius 2 is 1.95 bits per heavy atom. The number of hydrazine groups is 1. The van der Waals surface area contributed by atoms with Crippen molar-refractivity contribution in [2.24, 2.45) is 5.84 Å². The molecular formula is C18H21FN2. The Labute approximate surface area is 125 Å². The lowest BCUT2D eigenvalue weighted by Gasteiger charge is -2.19. The topological polar surface area (TPSA) is 38.0 Å². The minimum Gasteiger partial charge on any atom is -0.271 e. The zero-order valence-corrected chi connectivity index (χ0v) is 12.3. The lowest BCUT2D eigenvalue weighted by Crippen LogP contribution is -2.29. The molecule has 3 rings (SSSR count). The molecule has 1 unspecified atom stereocenters. The molecule has 21 heavy (non-hydrogen) atoms. The molecule has 0 spiro atoms. The average molecular weight is 284 g/mol. The maximum absolute atomic E-state index is 13.2. The predicted molar refractivity (Wildman–Crippen MR) is 83.4 cm³/mol. The number of nitrogens with one attached hydrogen (secondary N) is 1. The summed E-state index contributed by atoms with van der Waals surface area (Å²) in [6.07, 6.45) is 4.36. The van der Waals surface area contributed by atoms with Crippen LogP contribution in [0.25, 0.3) is 0 Å². The number of nitrogens with two attached hydrogens (primary N) is 1. The molecule has 0 amide bonds. The number of fused-ring (bicyclic) bond motifs is 1. The fraction of sp³-hybridized carbons (Fsp3) is 0.333. The molecule has 0 radical (unpaired) electrons. The van der Waals surface area contributed by atoms with Crippen molar-refractivity contribution in [2.45, 2.75) is 38.6 Å². The van der Waals surface area contributed by atoms with Gasteiger partial charge in [0, 0.05) is 6.04 Å². The van der Waals surface area contributed by atoms with Crippen LogP contribution in [0.15, 0.2) is 36.4 Å². The van der Waals surface area contributed by atoms with Crippen LogP contribution in [0.1, 0.15) is 40.3 Å². The van der Waals surface area contributed by atoms with Gasteiger partial charge in [0.1, 0.15) is 5.82 Å². The fourth-order valence-electron chi connectivity index (χ4n) is 3.19. The summed E-state index contributed by atoms with van der Waals surface area (Å²) >= 11 is 0. The molecule has 3 heteroatoms. The third kappa shape index (κ3) is 2.99. The maximum Gasteiger partial charge on any atom is 0.123 e. The van der Waals surface area contributed by atoms with E-state index in [0.29, 0.717) is 0 Å². The van der Waals surface area contributed by atoms with E-state index in [1.165, 1.54) is 35.6 Å². The Morgan fingerprint density at radius 3 is 2.71 bits per heavy atom. The zero-order chi connectivity index (χ0) is 14.8. The monoisotopic (exact) mass is 284 g/mol. The smallest absolute Gasteiger partial charge is 0.123 e. The van der Waals surface area contributed by atoms with E-state index in [2.05, 4.69) is 23.6 Å². The molecule has 2 aromatic carbocycles. The third-order valence-corrected chi connectivity index (χ3v) is 4.45. The Balaban J connectivity index is 1.85. The molecule has 0 saturated carbocycles. The third-order valence-electron chi connectivity index (χ3n) is 4.45. The lowest BCUT2D eigenvalue weighted by atomic mass is 9.94. The molecule has 0 heterocycles. The van der Waals surface area contributed by atoms with Crippen molar-refractivity contribution in [1.82, 2.24) is 5.43 Å². The van der Waals surface area contributed by atoms with Crippen LogP contribution in [0, 0.1) is 12.7 Å². The number of hydrogen-bond donors (Lipinski definition) is 2. The summed E-state index contributed by atoms with van der Waals surface area (Å²) < 4.78 is 13.2. The van der Waals surface area contributed by atoms with Gasteiger partial charge in [-0.25, -0.2) is 4.39 Å². The van der Waals surface area contributed by atoms with E-state index in [1.54, 1.807) is 6.07 Å². The maximum atomic E-state index is 13.2. The molecule has 2 nitrogen and oxygen atoms in total. The van der Waals surface area contributed by atoms with Crippen LogP contribution in [-0.4, -0.2) is 0 Å². The summed E-state index contributed by atoms with van der Waals surface area (Å²) in [6.45, 7) is 1.94. The van der Waals surface area contributed by atoms with E-state index in [9.17, 15) is 4.39 Å². The Bertz CT molecular complexity index is 652. The van der Waals surface area contributed by atoms with Crippen LogP contribution in [0.4, 0.5) is 4.39 Å². The van der Waals surface area contributed by atoms with Gasteiger partial charge in [0.15, 0.2) is 0 Å². The van der Waals surface area contributed by atoms with Gasteiger partial charge in [-0.1, -0.05) is 24.3 Å². The summed E-state index contributed by atoms with van der Waals surface area (Å²) in [6, 6.07) is 11.6. The first-order valence-corrected chi connectivity index (χ1v) is 7.50. The summed E-state index contributed by atoms with van der Waals surface area (Å²) in [5.74, 6) is 5.56. The van der Waals surface area contributed by atoms with Gasteiger partial charge in [-0.3, -0.25) is 11.3 Å². The highest BCUT2D eigenvalue weighted by Crippen LogP contribution is 2.27. The van der Waals surface area contributed by atoms with Gasteiger partial charge < -0.3 is 0 Å². The predicted octanol–water partition coefficient (Wildman–Crippen LogP) is 3.37. The zero-order valence-electron chi connectivity index (χ0n) is 12.3. The van der Waals surface area contributed by atoms with E-state index >= 15 is 0 Å². The van der Waals surface area contributed by atoms with Crippen molar-refractivity contribution < 1.29 is 4.39 Å². The minimum atomic E-state index is -0.189. The van der Waals surface area contributed by atoms with Gasteiger partial charge in [-0.15, -0.1) is 0 Å². The quantitative estimate of drug-likeness (QED) is 0.667. The SMILES string of the molecule is Cc1cc(F)ccc1CC(NN)c1ccc2c(c1)CCC2. The Hall–Kier alpha value is -1.71. The molecule has 0 bridgehead atoms. The van der Waals surface area contributed by atoms with Crippen molar-refractivity contribution in [2.75, 3.05) is 0 Å². The summed E-state index contributed by atoms with van der Waals surface area (Å²) in [4.78, 5) is 0. The van der Waals surface area contributed by atoms with Crippen molar-refractivity contribution in [3.63, 3.8) is 0 Å². The number of rotatable bonds is 4. The van der Waals surface area contributed by atoms with Crippen molar-refractivity contribution in [1.29, 1.82) is 0 Å². The van der Waals surface area contributed by atoms with Crippen molar-refractivity contribution >= 4 is 0 Å². The molecule has 110 valence electrons. The highest BCUT2D eigenvalue weighted by molar-refractivity contribution is 5.37. The molecule has 2 aromatic rings. The van der Waals surface area contributed by atoms with Crippen LogP contribution < -0.4 is 11.3 Å². The fourth-order valence-corrected chi connectivity index (χ4v) is 3.19. The van der Waals surface area contributed by atoms with Gasteiger partial charge in [-0.2, -0.15) is 0 Å². The highest BCUT2D eigenvalue weighted by atomic mass is 19.1. The second kappa shape index (κ2) is 5.96. The minimum absolute atomic E-state index is 0.0556. The standard InChI is InChI=1S/C18H21FN2/c1-12-9-17(19)8-7-14(12)11-18(21-20)16-6-5-13-3-2-4-15(13)10-16/h5-10,18,21H,2-4,11,20H2,1H3. The molecule has 1 aliphatic carbocycles. The largest absolute Gasteiger partial charge is 0.271 e. The van der Waals surface area contributed by atoms with Crippen LogP contribution in [0.5, 0.6) is 0 Å². The summed E-state index contributed by atoms with van der Waals surface area (Å²) in [5.41, 5.74) is 9.12. The first kappa shape index (κ1) is 14.2. The molecule has 3 N–H and O–H groups in total. The molecule has 0 saturated heterocycles. The summed E-state index contributed by atoms with van der Waals surface area (Å²) in [5, 5.41) is 0. The van der Waals surface area contributed by atoms with Crippen LogP contribution in [-0.2, 0) is 19.3 Å². The number of hydrogen-bond acceptors (Lipinski definition) is 2. The lowest BCUT2D eigenvalue weighted by molar-refractivity contribution is 0.549. The van der Waals surface area contributed by atoms with Crippen molar-refractivity contribution in [3.05, 3.63) is 70.0 Å². The molecule has 0 aromatic heterocycles.